The molecule has 0 aliphatic rings. The van der Waals surface area contributed by atoms with E-state index < -0.39 is 5.60 Å². The summed E-state index contributed by atoms with van der Waals surface area (Å²) in [6.45, 7) is 7.94. The smallest absolute Gasteiger partial charge is 0.0771 e. The second-order valence-electron chi connectivity index (χ2n) is 5.38. The molecule has 1 rings (SSSR count). The van der Waals surface area contributed by atoms with Crippen molar-refractivity contribution in [1.29, 1.82) is 0 Å². The first-order valence-corrected chi connectivity index (χ1v) is 7.06. The lowest BCUT2D eigenvalue weighted by Gasteiger charge is -2.30. The second kappa shape index (κ2) is 7.55. The van der Waals surface area contributed by atoms with Crippen LogP contribution in [-0.2, 0) is 6.54 Å². The topological polar surface area (TPSA) is 32.3 Å². The molecule has 102 valence electrons. The minimum Gasteiger partial charge on any atom is -0.389 e. The molecule has 0 amide bonds. The zero-order valence-corrected chi connectivity index (χ0v) is 11.9. The van der Waals surface area contributed by atoms with E-state index in [1.807, 2.05) is 18.2 Å². The molecule has 0 bridgehead atoms. The van der Waals surface area contributed by atoms with Crippen molar-refractivity contribution in [2.45, 2.75) is 52.2 Å². The predicted octanol–water partition coefficient (Wildman–Crippen LogP) is 3.35. The van der Waals surface area contributed by atoms with E-state index in [0.717, 1.165) is 25.8 Å². The number of rotatable bonds is 8. The molecule has 18 heavy (non-hydrogen) atoms. The molecule has 2 atom stereocenters. The molecule has 2 N–H and O–H groups in total. The van der Waals surface area contributed by atoms with Gasteiger partial charge in [0.05, 0.1) is 5.60 Å². The predicted molar refractivity (Wildman–Crippen MR) is 77.5 cm³/mol. The normalized spacial score (nSPS) is 16.2. The van der Waals surface area contributed by atoms with Crippen LogP contribution in [0.4, 0.5) is 0 Å². The van der Waals surface area contributed by atoms with Gasteiger partial charge in [0.25, 0.3) is 0 Å². The summed E-state index contributed by atoms with van der Waals surface area (Å²) < 4.78 is 0. The maximum Gasteiger partial charge on any atom is 0.0771 e. The lowest BCUT2D eigenvalue weighted by atomic mass is 9.88. The number of hydrogen-bond acceptors (Lipinski definition) is 2. The van der Waals surface area contributed by atoms with Gasteiger partial charge in [-0.3, -0.25) is 0 Å². The van der Waals surface area contributed by atoms with E-state index in [1.54, 1.807) is 0 Å². The molecule has 0 aromatic heterocycles. The van der Waals surface area contributed by atoms with Gasteiger partial charge in [0.15, 0.2) is 0 Å². The highest BCUT2D eigenvalue weighted by Crippen LogP contribution is 2.22. The molecule has 0 fully saturated rings. The van der Waals surface area contributed by atoms with Gasteiger partial charge in [-0.15, -0.1) is 0 Å². The highest BCUT2D eigenvalue weighted by atomic mass is 16.3. The van der Waals surface area contributed by atoms with E-state index in [4.69, 9.17) is 0 Å². The summed E-state index contributed by atoms with van der Waals surface area (Å²) in [5.74, 6) is 0.577. The Morgan fingerprint density at radius 2 is 1.89 bits per heavy atom. The van der Waals surface area contributed by atoms with Gasteiger partial charge >= 0.3 is 0 Å². The zero-order valence-electron chi connectivity index (χ0n) is 11.9. The molecule has 2 nitrogen and oxygen atoms in total. The molecular weight excluding hydrogens is 222 g/mol. The molecule has 0 spiro atoms. The third-order valence-corrected chi connectivity index (χ3v) is 3.71. The standard InChI is InChI=1S/C16H27NO/c1-4-14(3)11-16(18,5-2)13-17-12-15-9-7-6-8-10-15/h6-10,14,17-18H,4-5,11-13H2,1-3H3. The monoisotopic (exact) mass is 249 g/mol. The van der Waals surface area contributed by atoms with Gasteiger partial charge in [0.2, 0.25) is 0 Å². The average molecular weight is 249 g/mol. The lowest BCUT2D eigenvalue weighted by Crippen LogP contribution is -2.41. The zero-order chi connectivity index (χ0) is 13.4. The van der Waals surface area contributed by atoms with Gasteiger partial charge in [-0.05, 0) is 24.3 Å². The molecule has 0 saturated carbocycles. The first-order valence-electron chi connectivity index (χ1n) is 7.06. The maximum absolute atomic E-state index is 10.5. The quantitative estimate of drug-likeness (QED) is 0.740. The molecular formula is C16H27NO. The third-order valence-electron chi connectivity index (χ3n) is 3.71. The van der Waals surface area contributed by atoms with Crippen LogP contribution in [0, 0.1) is 5.92 Å². The fraction of sp³-hybridized carbons (Fsp3) is 0.625. The summed E-state index contributed by atoms with van der Waals surface area (Å²) in [5, 5.41) is 13.9. The van der Waals surface area contributed by atoms with Crippen molar-refractivity contribution in [3.63, 3.8) is 0 Å². The van der Waals surface area contributed by atoms with Gasteiger partial charge in [-0.2, -0.15) is 0 Å². The van der Waals surface area contributed by atoms with Crippen LogP contribution in [-0.4, -0.2) is 17.3 Å². The van der Waals surface area contributed by atoms with E-state index in [-0.39, 0.29) is 0 Å². The molecule has 1 aromatic carbocycles. The van der Waals surface area contributed by atoms with Crippen molar-refractivity contribution in [2.24, 2.45) is 5.92 Å². The summed E-state index contributed by atoms with van der Waals surface area (Å²) in [6.07, 6.45) is 2.81. The Hall–Kier alpha value is -0.860. The van der Waals surface area contributed by atoms with Crippen LogP contribution in [0.1, 0.15) is 45.6 Å². The number of hydrogen-bond donors (Lipinski definition) is 2. The van der Waals surface area contributed by atoms with Crippen molar-refractivity contribution in [3.05, 3.63) is 35.9 Å². The summed E-state index contributed by atoms with van der Waals surface area (Å²) >= 11 is 0. The van der Waals surface area contributed by atoms with Crippen molar-refractivity contribution in [1.82, 2.24) is 5.32 Å². The van der Waals surface area contributed by atoms with Gasteiger partial charge in [-0.1, -0.05) is 57.5 Å². The highest BCUT2D eigenvalue weighted by Gasteiger charge is 2.25. The molecule has 0 radical (unpaired) electrons. The number of benzene rings is 1. The van der Waals surface area contributed by atoms with Crippen LogP contribution < -0.4 is 5.32 Å². The van der Waals surface area contributed by atoms with Crippen molar-refractivity contribution in [2.75, 3.05) is 6.54 Å². The van der Waals surface area contributed by atoms with Crippen molar-refractivity contribution in [3.8, 4) is 0 Å². The SMILES string of the molecule is CCC(C)CC(O)(CC)CNCc1ccccc1. The van der Waals surface area contributed by atoms with Crippen LogP contribution in [0.5, 0.6) is 0 Å². The van der Waals surface area contributed by atoms with Gasteiger partial charge in [0.1, 0.15) is 0 Å². The fourth-order valence-electron chi connectivity index (χ4n) is 2.17. The molecule has 0 saturated heterocycles. The summed E-state index contributed by atoms with van der Waals surface area (Å²) in [5.41, 5.74) is 0.698. The van der Waals surface area contributed by atoms with E-state index in [2.05, 4.69) is 38.2 Å². The van der Waals surface area contributed by atoms with Gasteiger partial charge in [-0.25, -0.2) is 0 Å². The Morgan fingerprint density at radius 1 is 1.22 bits per heavy atom. The number of aliphatic hydroxyl groups is 1. The first-order chi connectivity index (χ1) is 8.59. The first kappa shape index (κ1) is 15.2. The molecule has 0 heterocycles. The number of nitrogens with one attached hydrogen (secondary N) is 1. The Kier molecular flexibility index (Phi) is 6.37. The summed E-state index contributed by atoms with van der Waals surface area (Å²) in [6, 6.07) is 10.3. The lowest BCUT2D eigenvalue weighted by molar-refractivity contribution is 0.0135. The minimum absolute atomic E-state index is 0.565. The highest BCUT2D eigenvalue weighted by molar-refractivity contribution is 5.14. The molecule has 2 unspecified atom stereocenters. The molecule has 1 aromatic rings. The summed E-state index contributed by atoms with van der Waals surface area (Å²) in [4.78, 5) is 0. The Balaban J connectivity index is 2.39. The fourth-order valence-corrected chi connectivity index (χ4v) is 2.17. The van der Waals surface area contributed by atoms with Gasteiger partial charge < -0.3 is 10.4 Å². The van der Waals surface area contributed by atoms with E-state index in [1.165, 1.54) is 5.56 Å². The summed E-state index contributed by atoms with van der Waals surface area (Å²) in [7, 11) is 0. The van der Waals surface area contributed by atoms with Crippen molar-refractivity contribution >= 4 is 0 Å². The average Bonchev–Trinajstić information content (AvgIpc) is 2.40. The van der Waals surface area contributed by atoms with E-state index >= 15 is 0 Å². The largest absolute Gasteiger partial charge is 0.389 e. The Morgan fingerprint density at radius 3 is 2.44 bits per heavy atom. The van der Waals surface area contributed by atoms with Crippen LogP contribution in [0.3, 0.4) is 0 Å². The van der Waals surface area contributed by atoms with Crippen LogP contribution >= 0.6 is 0 Å². The molecule has 0 aliphatic heterocycles. The third kappa shape index (κ3) is 5.19. The van der Waals surface area contributed by atoms with Crippen LogP contribution in [0.25, 0.3) is 0 Å². The van der Waals surface area contributed by atoms with Gasteiger partial charge in [0, 0.05) is 13.1 Å². The minimum atomic E-state index is -0.565. The van der Waals surface area contributed by atoms with E-state index in [0.29, 0.717) is 12.5 Å². The molecule has 2 heteroatoms. The van der Waals surface area contributed by atoms with Crippen LogP contribution in [0.15, 0.2) is 30.3 Å². The van der Waals surface area contributed by atoms with Crippen LogP contribution in [0.2, 0.25) is 0 Å². The van der Waals surface area contributed by atoms with E-state index in [9.17, 15) is 5.11 Å². The Labute approximate surface area is 111 Å². The second-order valence-corrected chi connectivity index (χ2v) is 5.38. The Bertz CT molecular complexity index is 325. The van der Waals surface area contributed by atoms with Crippen molar-refractivity contribution < 1.29 is 5.11 Å². The maximum atomic E-state index is 10.5. The molecule has 0 aliphatic carbocycles.